The summed E-state index contributed by atoms with van der Waals surface area (Å²) in [4.78, 5) is 2.54. The Kier molecular flexibility index (Phi) is 3.67. The molecule has 0 spiro atoms. The first kappa shape index (κ1) is 13.4. The molecule has 1 aliphatic heterocycles. The molecule has 100 valence electrons. The Balaban J connectivity index is 2.32. The van der Waals surface area contributed by atoms with Gasteiger partial charge in [-0.3, -0.25) is 0 Å². The molecule has 2 rings (SSSR count). The van der Waals surface area contributed by atoms with E-state index in [9.17, 15) is 0 Å². The lowest BCUT2D eigenvalue weighted by Crippen LogP contribution is -2.39. The first-order chi connectivity index (χ1) is 8.45. The lowest BCUT2D eigenvalue weighted by atomic mass is 9.94. The molecule has 1 aliphatic rings. The molecule has 1 heterocycles. The fourth-order valence-electron chi connectivity index (χ4n) is 3.39. The molecule has 1 aromatic rings. The van der Waals surface area contributed by atoms with Gasteiger partial charge in [0.05, 0.1) is 0 Å². The van der Waals surface area contributed by atoms with E-state index >= 15 is 0 Å². The Bertz CT molecular complexity index is 405. The predicted octanol–water partition coefficient (Wildman–Crippen LogP) is 3.29. The molecular formula is C16H25NO. The summed E-state index contributed by atoms with van der Waals surface area (Å²) in [6.07, 6.45) is 2.09. The molecule has 1 atom stereocenters. The van der Waals surface area contributed by atoms with Crippen LogP contribution in [-0.4, -0.2) is 23.8 Å². The van der Waals surface area contributed by atoms with Gasteiger partial charge >= 0.3 is 0 Å². The number of benzene rings is 1. The Morgan fingerprint density at radius 2 is 1.89 bits per heavy atom. The molecule has 1 fully saturated rings. The van der Waals surface area contributed by atoms with Gasteiger partial charge in [-0.1, -0.05) is 18.2 Å². The maximum absolute atomic E-state index is 9.14. The van der Waals surface area contributed by atoms with Gasteiger partial charge in [0, 0.05) is 24.4 Å². The molecule has 18 heavy (non-hydrogen) atoms. The Hall–Kier alpha value is -1.02. The van der Waals surface area contributed by atoms with Crippen molar-refractivity contribution < 1.29 is 5.11 Å². The molecule has 1 unspecified atom stereocenters. The lowest BCUT2D eigenvalue weighted by molar-refractivity contribution is 0.259. The molecule has 2 heteroatoms. The third-order valence-electron chi connectivity index (χ3n) is 4.21. The summed E-state index contributed by atoms with van der Waals surface area (Å²) in [5.41, 5.74) is 4.29. The fraction of sp³-hybridized carbons (Fsp3) is 0.625. The third kappa shape index (κ3) is 2.39. The third-order valence-corrected chi connectivity index (χ3v) is 4.21. The van der Waals surface area contributed by atoms with Gasteiger partial charge in [0.25, 0.3) is 0 Å². The van der Waals surface area contributed by atoms with Crippen molar-refractivity contribution in [2.75, 3.05) is 18.1 Å². The number of para-hydroxylation sites is 1. The standard InChI is InChI=1S/C16H25NO/c1-12-6-5-7-13(2)15(12)17-11-14(8-9-18)10-16(17,3)4/h5-7,14,18H,8-11H2,1-4H3. The van der Waals surface area contributed by atoms with E-state index in [1.54, 1.807) is 0 Å². The van der Waals surface area contributed by atoms with Crippen LogP contribution in [0.15, 0.2) is 18.2 Å². The molecule has 0 amide bonds. The summed E-state index contributed by atoms with van der Waals surface area (Å²) < 4.78 is 0. The van der Waals surface area contributed by atoms with Gasteiger partial charge in [-0.2, -0.15) is 0 Å². The van der Waals surface area contributed by atoms with Gasteiger partial charge in [0.1, 0.15) is 0 Å². The van der Waals surface area contributed by atoms with Crippen LogP contribution in [0.25, 0.3) is 0 Å². The SMILES string of the molecule is Cc1cccc(C)c1N1CC(CCO)CC1(C)C. The van der Waals surface area contributed by atoms with Crippen LogP contribution in [0.4, 0.5) is 5.69 Å². The van der Waals surface area contributed by atoms with E-state index in [0.29, 0.717) is 12.5 Å². The van der Waals surface area contributed by atoms with E-state index in [4.69, 9.17) is 5.11 Å². The van der Waals surface area contributed by atoms with E-state index in [2.05, 4.69) is 50.8 Å². The van der Waals surface area contributed by atoms with Gasteiger partial charge < -0.3 is 10.0 Å². The number of aliphatic hydroxyl groups excluding tert-OH is 1. The van der Waals surface area contributed by atoms with Crippen molar-refractivity contribution in [3.8, 4) is 0 Å². The van der Waals surface area contributed by atoms with E-state index in [-0.39, 0.29) is 5.54 Å². The number of hydrogen-bond acceptors (Lipinski definition) is 2. The average molecular weight is 247 g/mol. The number of anilines is 1. The normalized spacial score (nSPS) is 22.5. The maximum atomic E-state index is 9.14. The van der Waals surface area contributed by atoms with E-state index in [1.807, 2.05) is 0 Å². The van der Waals surface area contributed by atoms with E-state index in [0.717, 1.165) is 13.0 Å². The minimum Gasteiger partial charge on any atom is -0.396 e. The van der Waals surface area contributed by atoms with Gasteiger partial charge in [0.15, 0.2) is 0 Å². The van der Waals surface area contributed by atoms with Crippen molar-refractivity contribution in [2.45, 2.75) is 46.1 Å². The van der Waals surface area contributed by atoms with Crippen molar-refractivity contribution >= 4 is 5.69 Å². The molecule has 0 radical (unpaired) electrons. The summed E-state index contributed by atoms with van der Waals surface area (Å²) in [5.74, 6) is 0.615. The van der Waals surface area contributed by atoms with Crippen LogP contribution in [-0.2, 0) is 0 Å². The Morgan fingerprint density at radius 1 is 1.28 bits per heavy atom. The minimum atomic E-state index is 0.191. The molecular weight excluding hydrogens is 222 g/mol. The van der Waals surface area contributed by atoms with Crippen molar-refractivity contribution in [3.63, 3.8) is 0 Å². The lowest BCUT2D eigenvalue weighted by Gasteiger charge is -2.36. The average Bonchev–Trinajstić information content (AvgIpc) is 2.54. The number of aliphatic hydroxyl groups is 1. The van der Waals surface area contributed by atoms with Crippen molar-refractivity contribution in [1.82, 2.24) is 0 Å². The van der Waals surface area contributed by atoms with Crippen LogP contribution in [0.3, 0.4) is 0 Å². The highest BCUT2D eigenvalue weighted by atomic mass is 16.3. The second kappa shape index (κ2) is 4.93. The van der Waals surface area contributed by atoms with Gasteiger partial charge in [-0.15, -0.1) is 0 Å². The number of aryl methyl sites for hydroxylation is 2. The first-order valence-electron chi connectivity index (χ1n) is 6.90. The van der Waals surface area contributed by atoms with Crippen LogP contribution in [0.1, 0.15) is 37.8 Å². The van der Waals surface area contributed by atoms with Crippen LogP contribution in [0.2, 0.25) is 0 Å². The number of hydrogen-bond donors (Lipinski definition) is 1. The van der Waals surface area contributed by atoms with E-state index < -0.39 is 0 Å². The molecule has 0 bridgehead atoms. The zero-order chi connectivity index (χ0) is 13.3. The monoisotopic (exact) mass is 247 g/mol. The molecule has 1 saturated heterocycles. The minimum absolute atomic E-state index is 0.191. The highest BCUT2D eigenvalue weighted by molar-refractivity contribution is 5.61. The largest absolute Gasteiger partial charge is 0.396 e. The second-order valence-corrected chi connectivity index (χ2v) is 6.25. The van der Waals surface area contributed by atoms with Gasteiger partial charge in [-0.25, -0.2) is 0 Å². The summed E-state index contributed by atoms with van der Waals surface area (Å²) in [6, 6.07) is 6.51. The molecule has 0 aromatic heterocycles. The molecule has 0 aliphatic carbocycles. The highest BCUT2D eigenvalue weighted by Gasteiger charge is 2.38. The van der Waals surface area contributed by atoms with E-state index in [1.165, 1.54) is 23.2 Å². The molecule has 1 aromatic carbocycles. The first-order valence-corrected chi connectivity index (χ1v) is 6.90. The van der Waals surface area contributed by atoms with Gasteiger partial charge in [0.2, 0.25) is 0 Å². The van der Waals surface area contributed by atoms with Crippen LogP contribution in [0.5, 0.6) is 0 Å². The fourth-order valence-corrected chi connectivity index (χ4v) is 3.39. The topological polar surface area (TPSA) is 23.5 Å². The zero-order valence-corrected chi connectivity index (χ0v) is 12.0. The molecule has 0 saturated carbocycles. The Labute approximate surface area is 111 Å². The highest BCUT2D eigenvalue weighted by Crippen LogP contribution is 2.40. The molecule has 1 N–H and O–H groups in total. The van der Waals surface area contributed by atoms with Crippen molar-refractivity contribution in [3.05, 3.63) is 29.3 Å². The summed E-state index contributed by atoms with van der Waals surface area (Å²) in [6.45, 7) is 10.4. The summed E-state index contributed by atoms with van der Waals surface area (Å²) in [5, 5.41) is 9.14. The summed E-state index contributed by atoms with van der Waals surface area (Å²) in [7, 11) is 0. The second-order valence-electron chi connectivity index (χ2n) is 6.25. The Morgan fingerprint density at radius 3 is 2.44 bits per heavy atom. The quantitative estimate of drug-likeness (QED) is 0.886. The van der Waals surface area contributed by atoms with Gasteiger partial charge in [-0.05, 0) is 57.6 Å². The van der Waals surface area contributed by atoms with Crippen LogP contribution < -0.4 is 4.90 Å². The molecule has 2 nitrogen and oxygen atoms in total. The zero-order valence-electron chi connectivity index (χ0n) is 12.0. The number of rotatable bonds is 3. The number of nitrogens with zero attached hydrogens (tertiary/aromatic N) is 1. The van der Waals surface area contributed by atoms with Crippen molar-refractivity contribution in [2.24, 2.45) is 5.92 Å². The van der Waals surface area contributed by atoms with Crippen LogP contribution >= 0.6 is 0 Å². The van der Waals surface area contributed by atoms with Crippen molar-refractivity contribution in [1.29, 1.82) is 0 Å². The summed E-state index contributed by atoms with van der Waals surface area (Å²) >= 11 is 0. The van der Waals surface area contributed by atoms with Crippen LogP contribution in [0, 0.1) is 19.8 Å². The maximum Gasteiger partial charge on any atom is 0.0434 e. The predicted molar refractivity (Wildman–Crippen MR) is 77.2 cm³/mol. The smallest absolute Gasteiger partial charge is 0.0434 e.